The molecule has 0 aromatic carbocycles. The Balaban J connectivity index is 1.79. The molecule has 19 heavy (non-hydrogen) atoms. The van der Waals surface area contributed by atoms with Gasteiger partial charge in [-0.3, -0.25) is 4.98 Å². The number of thiophene rings is 1. The average molecular weight is 277 g/mol. The number of aliphatic hydroxyl groups is 2. The molecule has 2 aromatic heterocycles. The van der Waals surface area contributed by atoms with Gasteiger partial charge in [-0.1, -0.05) is 6.07 Å². The minimum Gasteiger partial charge on any atom is -0.394 e. The van der Waals surface area contributed by atoms with Crippen molar-refractivity contribution >= 4 is 11.3 Å². The Labute approximate surface area is 115 Å². The zero-order valence-electron chi connectivity index (χ0n) is 10.3. The molecule has 0 radical (unpaired) electrons. The van der Waals surface area contributed by atoms with E-state index in [1.54, 1.807) is 17.5 Å². The van der Waals surface area contributed by atoms with Crippen molar-refractivity contribution in [2.45, 2.75) is 24.7 Å². The summed E-state index contributed by atoms with van der Waals surface area (Å²) < 4.78 is 5.65. The monoisotopic (exact) mass is 277 g/mol. The predicted octanol–water partition coefficient (Wildman–Crippen LogP) is 1.99. The van der Waals surface area contributed by atoms with Crippen molar-refractivity contribution in [1.82, 2.24) is 4.98 Å². The molecule has 1 fully saturated rings. The summed E-state index contributed by atoms with van der Waals surface area (Å²) in [6, 6.07) is 9.84. The van der Waals surface area contributed by atoms with E-state index < -0.39 is 12.2 Å². The first-order valence-corrected chi connectivity index (χ1v) is 7.05. The van der Waals surface area contributed by atoms with Gasteiger partial charge in [-0.05, 0) is 24.3 Å². The van der Waals surface area contributed by atoms with Gasteiger partial charge in [-0.2, -0.15) is 0 Å². The molecule has 3 heterocycles. The topological polar surface area (TPSA) is 62.6 Å². The van der Waals surface area contributed by atoms with E-state index in [2.05, 4.69) is 4.98 Å². The van der Waals surface area contributed by atoms with Crippen LogP contribution in [0.2, 0.25) is 0 Å². The Morgan fingerprint density at radius 3 is 2.89 bits per heavy atom. The number of nitrogens with zero attached hydrogens (tertiary/aromatic N) is 1. The minimum atomic E-state index is -0.588. The molecule has 4 nitrogen and oxygen atoms in total. The Morgan fingerprint density at radius 1 is 1.32 bits per heavy atom. The van der Waals surface area contributed by atoms with Crippen LogP contribution < -0.4 is 0 Å². The second kappa shape index (κ2) is 5.38. The van der Waals surface area contributed by atoms with Gasteiger partial charge in [0.2, 0.25) is 0 Å². The van der Waals surface area contributed by atoms with E-state index in [0.717, 1.165) is 15.4 Å². The van der Waals surface area contributed by atoms with Crippen molar-refractivity contribution in [3.05, 3.63) is 41.4 Å². The van der Waals surface area contributed by atoms with Gasteiger partial charge in [0.1, 0.15) is 6.10 Å². The maximum atomic E-state index is 9.75. The lowest BCUT2D eigenvalue weighted by molar-refractivity contribution is -0.0216. The fourth-order valence-electron chi connectivity index (χ4n) is 2.25. The molecule has 100 valence electrons. The number of ether oxygens (including phenoxy) is 1. The maximum absolute atomic E-state index is 9.75. The molecule has 0 unspecified atom stereocenters. The van der Waals surface area contributed by atoms with Crippen LogP contribution in [0.4, 0.5) is 0 Å². The van der Waals surface area contributed by atoms with Crippen molar-refractivity contribution in [3.8, 4) is 10.6 Å². The number of rotatable bonds is 3. The third kappa shape index (κ3) is 2.55. The molecule has 2 aromatic rings. The van der Waals surface area contributed by atoms with Crippen LogP contribution in [0.1, 0.15) is 17.4 Å². The van der Waals surface area contributed by atoms with Gasteiger partial charge in [0.05, 0.1) is 29.4 Å². The maximum Gasteiger partial charge on any atom is 0.107 e. The van der Waals surface area contributed by atoms with Crippen LogP contribution in [0, 0.1) is 0 Å². The van der Waals surface area contributed by atoms with E-state index in [1.807, 2.05) is 30.3 Å². The standard InChI is InChI=1S/C14H15NO3S/c16-8-12-10(17)7-11(18-12)14-5-4-13(19-14)9-3-1-2-6-15-9/h1-6,10-12,16-17H,7-8H2/t10-,11+,12+/m0/s1. The van der Waals surface area contributed by atoms with Crippen LogP contribution in [0.3, 0.4) is 0 Å². The number of aliphatic hydroxyl groups excluding tert-OH is 2. The lowest BCUT2D eigenvalue weighted by atomic mass is 10.1. The molecule has 1 aliphatic heterocycles. The summed E-state index contributed by atoms with van der Waals surface area (Å²) in [5.41, 5.74) is 0.941. The van der Waals surface area contributed by atoms with E-state index in [4.69, 9.17) is 9.84 Å². The van der Waals surface area contributed by atoms with Gasteiger partial charge in [0.15, 0.2) is 0 Å². The minimum absolute atomic E-state index is 0.130. The second-order valence-corrected chi connectivity index (χ2v) is 5.68. The lowest BCUT2D eigenvalue weighted by Gasteiger charge is -2.10. The molecule has 1 saturated heterocycles. The molecule has 3 rings (SSSR count). The molecule has 3 atom stereocenters. The highest BCUT2D eigenvalue weighted by Gasteiger charge is 2.34. The lowest BCUT2D eigenvalue weighted by Crippen LogP contribution is -2.24. The van der Waals surface area contributed by atoms with Gasteiger partial charge >= 0.3 is 0 Å². The highest BCUT2D eigenvalue weighted by atomic mass is 32.1. The Morgan fingerprint density at radius 2 is 2.21 bits per heavy atom. The van der Waals surface area contributed by atoms with Crippen LogP contribution in [0.5, 0.6) is 0 Å². The first-order chi connectivity index (χ1) is 9.28. The van der Waals surface area contributed by atoms with Crippen molar-refractivity contribution < 1.29 is 14.9 Å². The first-order valence-electron chi connectivity index (χ1n) is 6.23. The summed E-state index contributed by atoms with van der Waals surface area (Å²) in [4.78, 5) is 6.47. The van der Waals surface area contributed by atoms with Crippen molar-refractivity contribution in [1.29, 1.82) is 0 Å². The zero-order chi connectivity index (χ0) is 13.2. The number of aromatic nitrogens is 1. The van der Waals surface area contributed by atoms with E-state index in [9.17, 15) is 5.11 Å². The summed E-state index contributed by atoms with van der Waals surface area (Å²) >= 11 is 1.62. The highest BCUT2D eigenvalue weighted by molar-refractivity contribution is 7.15. The summed E-state index contributed by atoms with van der Waals surface area (Å²) in [5.74, 6) is 0. The molecule has 5 heteroatoms. The first kappa shape index (κ1) is 12.7. The van der Waals surface area contributed by atoms with E-state index in [1.165, 1.54) is 0 Å². The Hall–Kier alpha value is -1.27. The zero-order valence-corrected chi connectivity index (χ0v) is 11.1. The van der Waals surface area contributed by atoms with Crippen LogP contribution in [0.25, 0.3) is 10.6 Å². The fourth-order valence-corrected chi connectivity index (χ4v) is 3.28. The second-order valence-electron chi connectivity index (χ2n) is 4.57. The molecule has 0 amide bonds. The van der Waals surface area contributed by atoms with Gasteiger partial charge in [0, 0.05) is 17.5 Å². The summed E-state index contributed by atoms with van der Waals surface area (Å²) in [5, 5.41) is 18.8. The normalized spacial score (nSPS) is 26.7. The Bertz CT molecular complexity index is 543. The molecule has 0 saturated carbocycles. The van der Waals surface area contributed by atoms with Crippen LogP contribution in [0.15, 0.2) is 36.5 Å². The molecular weight excluding hydrogens is 262 g/mol. The highest BCUT2D eigenvalue weighted by Crippen LogP contribution is 2.38. The van der Waals surface area contributed by atoms with Crippen LogP contribution >= 0.6 is 11.3 Å². The van der Waals surface area contributed by atoms with E-state index in [0.29, 0.717) is 6.42 Å². The SMILES string of the molecule is OC[C@H]1O[C@@H](c2ccc(-c3ccccn3)s2)C[C@@H]1O. The van der Waals surface area contributed by atoms with Crippen molar-refractivity contribution in [3.63, 3.8) is 0 Å². The quantitative estimate of drug-likeness (QED) is 0.900. The largest absolute Gasteiger partial charge is 0.394 e. The van der Waals surface area contributed by atoms with Gasteiger partial charge in [-0.15, -0.1) is 11.3 Å². The number of pyridine rings is 1. The average Bonchev–Trinajstić information content (AvgIpc) is 3.06. The predicted molar refractivity (Wildman–Crippen MR) is 72.9 cm³/mol. The van der Waals surface area contributed by atoms with E-state index >= 15 is 0 Å². The molecule has 0 bridgehead atoms. The fraction of sp³-hybridized carbons (Fsp3) is 0.357. The van der Waals surface area contributed by atoms with Crippen LogP contribution in [-0.4, -0.2) is 34.0 Å². The number of hydrogen-bond donors (Lipinski definition) is 2. The third-order valence-corrected chi connectivity index (χ3v) is 4.47. The van der Waals surface area contributed by atoms with Gasteiger partial charge in [-0.25, -0.2) is 0 Å². The number of hydrogen-bond acceptors (Lipinski definition) is 5. The molecule has 0 spiro atoms. The van der Waals surface area contributed by atoms with Crippen molar-refractivity contribution in [2.75, 3.05) is 6.61 Å². The molecule has 2 N–H and O–H groups in total. The smallest absolute Gasteiger partial charge is 0.107 e. The van der Waals surface area contributed by atoms with Crippen molar-refractivity contribution in [2.24, 2.45) is 0 Å². The van der Waals surface area contributed by atoms with E-state index in [-0.39, 0.29) is 12.7 Å². The third-order valence-electron chi connectivity index (χ3n) is 3.27. The molecular formula is C14H15NO3S. The summed E-state index contributed by atoms with van der Waals surface area (Å²) in [6.45, 7) is -0.143. The summed E-state index contributed by atoms with van der Waals surface area (Å²) in [6.07, 6.45) is 1.12. The molecule has 0 aliphatic carbocycles. The summed E-state index contributed by atoms with van der Waals surface area (Å²) in [7, 11) is 0. The van der Waals surface area contributed by atoms with Gasteiger partial charge < -0.3 is 14.9 Å². The molecule has 1 aliphatic rings. The van der Waals surface area contributed by atoms with Crippen LogP contribution in [-0.2, 0) is 4.74 Å². The van der Waals surface area contributed by atoms with Gasteiger partial charge in [0.25, 0.3) is 0 Å². The Kier molecular flexibility index (Phi) is 3.61.